The van der Waals surface area contributed by atoms with E-state index < -0.39 is 31.2 Å². The Balaban J connectivity index is 1.64. The van der Waals surface area contributed by atoms with E-state index in [-0.39, 0.29) is 22.7 Å². The fraction of sp³-hybridized carbons (Fsp3) is 0.318. The van der Waals surface area contributed by atoms with Gasteiger partial charge in [0, 0.05) is 18.4 Å². The number of alkyl halides is 4. The zero-order chi connectivity index (χ0) is 21.0. The van der Waals surface area contributed by atoms with Gasteiger partial charge in [0.05, 0.1) is 12.2 Å². The molecule has 3 nitrogen and oxygen atoms in total. The van der Waals surface area contributed by atoms with Gasteiger partial charge in [0.1, 0.15) is 11.7 Å². The molecule has 0 amide bonds. The van der Waals surface area contributed by atoms with Crippen molar-refractivity contribution in [1.82, 2.24) is 0 Å². The number of carbonyl (C=O) groups is 1. The molecule has 1 aliphatic carbocycles. The normalized spacial score (nSPS) is 18.5. The first kappa shape index (κ1) is 19.6. The number of hydrogen-bond acceptors (Lipinski definition) is 3. The summed E-state index contributed by atoms with van der Waals surface area (Å²) in [7, 11) is 0. The van der Waals surface area contributed by atoms with Gasteiger partial charge in [-0.2, -0.15) is 17.6 Å². The summed E-state index contributed by atoms with van der Waals surface area (Å²) in [5.41, 5.74) is 4.17. The third kappa shape index (κ3) is 3.23. The molecule has 4 rings (SSSR count). The molecule has 0 bridgehead atoms. The maximum absolute atomic E-state index is 13.3. The molecule has 2 aromatic rings. The second kappa shape index (κ2) is 6.69. The van der Waals surface area contributed by atoms with Crippen molar-refractivity contribution >= 4 is 5.78 Å². The molecule has 0 aromatic heterocycles. The van der Waals surface area contributed by atoms with Gasteiger partial charge in [-0.1, -0.05) is 36.9 Å². The summed E-state index contributed by atoms with van der Waals surface area (Å²) in [6, 6.07) is 11.1. The van der Waals surface area contributed by atoms with Crippen LogP contribution in [-0.2, 0) is 11.2 Å². The molecule has 152 valence electrons. The van der Waals surface area contributed by atoms with E-state index in [1.54, 1.807) is 13.0 Å². The third-order valence-electron chi connectivity index (χ3n) is 5.30. The van der Waals surface area contributed by atoms with Gasteiger partial charge in [0.15, 0.2) is 5.78 Å². The van der Waals surface area contributed by atoms with Crippen LogP contribution in [0.4, 0.5) is 17.6 Å². The lowest BCUT2D eigenvalue weighted by atomic mass is 9.96. The maximum Gasteiger partial charge on any atom is 0.371 e. The van der Waals surface area contributed by atoms with Crippen LogP contribution in [0.25, 0.3) is 11.1 Å². The standard InChI is InChI=1S/C22H18F4O3/c1-12(2)19(27)16-8-7-15-14-6-4-3-5-13(14)11-17(15)20(16)28-10-9-18-21(23,24)29-22(18,25)26/h3-8,18H,1,9-11H2,2H3. The lowest BCUT2D eigenvalue weighted by Crippen LogP contribution is -2.59. The van der Waals surface area contributed by atoms with Gasteiger partial charge in [-0.3, -0.25) is 9.53 Å². The Kier molecular flexibility index (Phi) is 4.53. The molecule has 0 radical (unpaired) electrons. The van der Waals surface area contributed by atoms with Gasteiger partial charge in [-0.15, -0.1) is 0 Å². The van der Waals surface area contributed by atoms with Gasteiger partial charge in [-0.25, -0.2) is 0 Å². The second-order valence-corrected chi connectivity index (χ2v) is 7.33. The summed E-state index contributed by atoms with van der Waals surface area (Å²) in [4.78, 5) is 12.6. The topological polar surface area (TPSA) is 35.5 Å². The zero-order valence-electron chi connectivity index (χ0n) is 15.6. The average Bonchev–Trinajstić information content (AvgIpc) is 3.02. The van der Waals surface area contributed by atoms with Crippen LogP contribution >= 0.6 is 0 Å². The molecule has 29 heavy (non-hydrogen) atoms. The van der Waals surface area contributed by atoms with Crippen LogP contribution in [0.15, 0.2) is 48.6 Å². The van der Waals surface area contributed by atoms with E-state index in [0.717, 1.165) is 22.3 Å². The Labute approximate surface area is 164 Å². The number of halogens is 4. The number of fused-ring (bicyclic) bond motifs is 3. The maximum atomic E-state index is 13.3. The molecule has 0 saturated carbocycles. The van der Waals surface area contributed by atoms with E-state index in [9.17, 15) is 22.4 Å². The monoisotopic (exact) mass is 406 g/mol. The molecule has 2 aromatic carbocycles. The number of rotatable bonds is 6. The fourth-order valence-electron chi connectivity index (χ4n) is 3.83. The summed E-state index contributed by atoms with van der Waals surface area (Å²) < 4.78 is 62.3. The van der Waals surface area contributed by atoms with Crippen molar-refractivity contribution in [3.63, 3.8) is 0 Å². The number of allylic oxidation sites excluding steroid dienone is 1. The molecule has 0 N–H and O–H groups in total. The van der Waals surface area contributed by atoms with Gasteiger partial charge in [0.2, 0.25) is 0 Å². The first-order valence-corrected chi connectivity index (χ1v) is 9.15. The quantitative estimate of drug-likeness (QED) is 0.303. The lowest BCUT2D eigenvalue weighted by molar-refractivity contribution is -0.518. The smallest absolute Gasteiger partial charge is 0.371 e. The summed E-state index contributed by atoms with van der Waals surface area (Å²) in [5, 5.41) is 0. The Morgan fingerprint density at radius 3 is 2.48 bits per heavy atom. The van der Waals surface area contributed by atoms with Crippen LogP contribution in [0.1, 0.15) is 34.8 Å². The van der Waals surface area contributed by atoms with Crippen molar-refractivity contribution in [2.24, 2.45) is 5.92 Å². The Bertz CT molecular complexity index is 999. The van der Waals surface area contributed by atoms with Gasteiger partial charge in [-0.05, 0) is 35.3 Å². The predicted molar refractivity (Wildman–Crippen MR) is 98.4 cm³/mol. The highest BCUT2D eigenvalue weighted by Crippen LogP contribution is 2.53. The van der Waals surface area contributed by atoms with Gasteiger partial charge < -0.3 is 4.74 Å². The zero-order valence-corrected chi connectivity index (χ0v) is 15.6. The largest absolute Gasteiger partial charge is 0.492 e. The first-order valence-electron chi connectivity index (χ1n) is 9.15. The van der Waals surface area contributed by atoms with E-state index in [0.29, 0.717) is 6.42 Å². The van der Waals surface area contributed by atoms with Gasteiger partial charge >= 0.3 is 12.2 Å². The Hall–Kier alpha value is -2.67. The minimum absolute atomic E-state index is 0.235. The van der Waals surface area contributed by atoms with Crippen molar-refractivity contribution in [2.45, 2.75) is 32.0 Å². The number of carbonyl (C=O) groups excluding carboxylic acids is 1. The van der Waals surface area contributed by atoms with Crippen LogP contribution in [0.3, 0.4) is 0 Å². The summed E-state index contributed by atoms with van der Waals surface area (Å²) in [6.45, 7) is 4.81. The lowest BCUT2D eigenvalue weighted by Gasteiger charge is -2.42. The summed E-state index contributed by atoms with van der Waals surface area (Å²) >= 11 is 0. The molecule has 0 unspecified atom stereocenters. The van der Waals surface area contributed by atoms with E-state index in [4.69, 9.17) is 4.74 Å². The van der Waals surface area contributed by atoms with E-state index in [2.05, 4.69) is 11.3 Å². The van der Waals surface area contributed by atoms with Crippen molar-refractivity contribution in [2.75, 3.05) is 6.61 Å². The SMILES string of the molecule is C=C(C)C(=O)c1ccc2c(c1OCCC1C(F)(F)OC1(F)F)Cc1ccccc1-2. The van der Waals surface area contributed by atoms with Crippen molar-refractivity contribution in [3.8, 4) is 16.9 Å². The minimum Gasteiger partial charge on any atom is -0.492 e. The number of ketones is 1. The van der Waals surface area contributed by atoms with Crippen molar-refractivity contribution < 1.29 is 31.8 Å². The van der Waals surface area contributed by atoms with Crippen LogP contribution in [0.2, 0.25) is 0 Å². The number of Topliss-reactive ketones (excluding diaryl/α,β-unsaturated/α-hetero) is 1. The molecule has 2 aliphatic rings. The molecule has 1 fully saturated rings. The second-order valence-electron chi connectivity index (χ2n) is 7.33. The predicted octanol–water partition coefficient (Wildman–Crippen LogP) is 5.62. The van der Waals surface area contributed by atoms with Crippen LogP contribution < -0.4 is 4.74 Å². The fourth-order valence-corrected chi connectivity index (χ4v) is 3.83. The molecule has 7 heteroatoms. The molecule has 1 aliphatic heterocycles. The molecular formula is C22H18F4O3. The highest BCUT2D eigenvalue weighted by Gasteiger charge is 2.70. The van der Waals surface area contributed by atoms with Gasteiger partial charge in [0.25, 0.3) is 0 Å². The van der Waals surface area contributed by atoms with Crippen LogP contribution in [0, 0.1) is 5.92 Å². The average molecular weight is 406 g/mol. The first-order chi connectivity index (χ1) is 13.6. The van der Waals surface area contributed by atoms with Crippen LogP contribution in [-0.4, -0.2) is 24.6 Å². The van der Waals surface area contributed by atoms with Crippen molar-refractivity contribution in [3.05, 3.63) is 65.2 Å². The van der Waals surface area contributed by atoms with E-state index in [1.807, 2.05) is 30.3 Å². The number of benzene rings is 2. The minimum atomic E-state index is -3.89. The Morgan fingerprint density at radius 2 is 1.83 bits per heavy atom. The Morgan fingerprint density at radius 1 is 1.14 bits per heavy atom. The van der Waals surface area contributed by atoms with E-state index in [1.165, 1.54) is 0 Å². The van der Waals surface area contributed by atoms with E-state index >= 15 is 0 Å². The molecule has 1 saturated heterocycles. The molecular weight excluding hydrogens is 388 g/mol. The number of ether oxygens (including phenoxy) is 2. The molecule has 0 spiro atoms. The third-order valence-corrected chi connectivity index (χ3v) is 5.30. The highest BCUT2D eigenvalue weighted by molar-refractivity contribution is 6.10. The van der Waals surface area contributed by atoms with Crippen LogP contribution in [0.5, 0.6) is 5.75 Å². The molecule has 0 atom stereocenters. The summed E-state index contributed by atoms with van der Waals surface area (Å²) in [5.74, 6) is -2.37. The van der Waals surface area contributed by atoms with Crippen molar-refractivity contribution in [1.29, 1.82) is 0 Å². The highest BCUT2D eigenvalue weighted by atomic mass is 19.3. The molecule has 1 heterocycles. The number of hydrogen-bond donors (Lipinski definition) is 0. The summed E-state index contributed by atoms with van der Waals surface area (Å²) in [6.07, 6.45) is -7.90.